The number of hydrogen-bond donors (Lipinski definition) is 2. The van der Waals surface area contributed by atoms with Crippen LogP contribution in [0.1, 0.15) is 42.5 Å². The molecule has 0 bridgehead atoms. The monoisotopic (exact) mass is 515 g/mol. The molecular formula is C22H22ClF4N5O3. The van der Waals surface area contributed by atoms with Crippen molar-refractivity contribution in [1.82, 2.24) is 19.7 Å². The van der Waals surface area contributed by atoms with Crippen LogP contribution in [-0.2, 0) is 12.6 Å². The fraction of sp³-hybridized carbons (Fsp3) is 0.364. The van der Waals surface area contributed by atoms with Gasteiger partial charge >= 0.3 is 6.18 Å². The van der Waals surface area contributed by atoms with E-state index in [9.17, 15) is 23.1 Å². The maximum absolute atomic E-state index is 15.1. The molecule has 3 aromatic rings. The minimum Gasteiger partial charge on any atom is -0.480 e. The van der Waals surface area contributed by atoms with Crippen LogP contribution in [-0.4, -0.2) is 43.0 Å². The molecule has 0 saturated heterocycles. The molecule has 0 aliphatic rings. The average Bonchev–Trinajstić information content (AvgIpc) is 3.12. The Balaban J connectivity index is 2.12. The molecule has 1 amide bonds. The molecule has 0 aliphatic heterocycles. The van der Waals surface area contributed by atoms with Crippen molar-refractivity contribution >= 4 is 23.2 Å². The summed E-state index contributed by atoms with van der Waals surface area (Å²) in [6, 6.07) is 3.19. The minimum atomic E-state index is -4.76. The number of aromatic nitrogens is 4. The number of benzene rings is 1. The fourth-order valence-corrected chi connectivity index (χ4v) is 3.40. The summed E-state index contributed by atoms with van der Waals surface area (Å²) in [5.41, 5.74) is -1.63. The van der Waals surface area contributed by atoms with Crippen LogP contribution in [0.2, 0.25) is 5.15 Å². The van der Waals surface area contributed by atoms with Crippen molar-refractivity contribution < 1.29 is 32.2 Å². The van der Waals surface area contributed by atoms with E-state index in [0.717, 1.165) is 19.1 Å². The first-order chi connectivity index (χ1) is 16.1. The second kappa shape index (κ2) is 9.42. The molecule has 1 atom stereocenters. The van der Waals surface area contributed by atoms with E-state index < -0.39 is 40.9 Å². The summed E-state index contributed by atoms with van der Waals surface area (Å²) in [4.78, 5) is 20.9. The lowest BCUT2D eigenvalue weighted by molar-refractivity contribution is -0.189. The maximum atomic E-state index is 15.1. The first-order valence-electron chi connectivity index (χ1n) is 10.2. The van der Waals surface area contributed by atoms with Crippen LogP contribution < -0.4 is 10.1 Å². The van der Waals surface area contributed by atoms with Gasteiger partial charge in [0, 0.05) is 13.2 Å². The molecule has 8 nitrogen and oxygen atoms in total. The lowest BCUT2D eigenvalue weighted by Crippen LogP contribution is -2.32. The van der Waals surface area contributed by atoms with Crippen LogP contribution in [0.25, 0.3) is 11.4 Å². The van der Waals surface area contributed by atoms with Crippen LogP contribution in [0, 0.1) is 12.7 Å². The molecule has 188 valence electrons. The molecule has 13 heteroatoms. The van der Waals surface area contributed by atoms with Gasteiger partial charge in [0.2, 0.25) is 0 Å². The van der Waals surface area contributed by atoms with Gasteiger partial charge in [-0.25, -0.2) is 19.0 Å². The van der Waals surface area contributed by atoms with Gasteiger partial charge < -0.3 is 15.2 Å². The quantitative estimate of drug-likeness (QED) is 0.361. The second-order valence-electron chi connectivity index (χ2n) is 8.32. The van der Waals surface area contributed by atoms with Gasteiger partial charge in [-0.05, 0) is 51.5 Å². The van der Waals surface area contributed by atoms with E-state index in [2.05, 4.69) is 20.4 Å². The largest absolute Gasteiger partial charge is 0.480 e. The van der Waals surface area contributed by atoms with Crippen LogP contribution in [0.5, 0.6) is 5.75 Å². The number of hydrogen-bond acceptors (Lipinski definition) is 6. The predicted octanol–water partition coefficient (Wildman–Crippen LogP) is 4.79. The van der Waals surface area contributed by atoms with E-state index in [-0.39, 0.29) is 28.1 Å². The van der Waals surface area contributed by atoms with Gasteiger partial charge in [0.15, 0.2) is 22.9 Å². The molecule has 2 aromatic heterocycles. The zero-order valence-electron chi connectivity index (χ0n) is 19.3. The van der Waals surface area contributed by atoms with E-state index in [1.54, 1.807) is 13.0 Å². The third kappa shape index (κ3) is 5.70. The third-order valence-electron chi connectivity index (χ3n) is 4.98. The molecule has 2 heterocycles. The smallest absolute Gasteiger partial charge is 0.425 e. The zero-order chi connectivity index (χ0) is 26.3. The Kier molecular flexibility index (Phi) is 7.09. The van der Waals surface area contributed by atoms with Gasteiger partial charge in [0.05, 0.1) is 16.8 Å². The van der Waals surface area contributed by atoms with E-state index in [1.807, 2.05) is 0 Å². The molecule has 0 fully saturated rings. The van der Waals surface area contributed by atoms with Crippen LogP contribution in [0.15, 0.2) is 24.4 Å². The number of amides is 1. The number of alkyl halides is 3. The van der Waals surface area contributed by atoms with Crippen molar-refractivity contribution in [1.29, 1.82) is 0 Å². The number of aryl methyl sites for hydroxylation is 2. The SMILES string of the molecule is Cc1ccnc(Cl)c1NC(=O)c1cc(F)c(-c2nc(C(C)(C)O)n(C)n2)cc1OC(C)C(F)(F)F. The maximum Gasteiger partial charge on any atom is 0.425 e. The van der Waals surface area contributed by atoms with Crippen molar-refractivity contribution in [2.24, 2.45) is 7.05 Å². The summed E-state index contributed by atoms with van der Waals surface area (Å²) >= 11 is 6.02. The molecule has 1 unspecified atom stereocenters. The molecule has 0 radical (unpaired) electrons. The molecule has 0 spiro atoms. The number of ether oxygens (including phenoxy) is 1. The Bertz CT molecular complexity index is 1250. The summed E-state index contributed by atoms with van der Waals surface area (Å²) in [6.45, 7) is 5.26. The van der Waals surface area contributed by atoms with Gasteiger partial charge in [-0.1, -0.05) is 11.6 Å². The van der Waals surface area contributed by atoms with Crippen LogP contribution in [0.3, 0.4) is 0 Å². The number of nitrogens with one attached hydrogen (secondary N) is 1. The van der Waals surface area contributed by atoms with E-state index >= 15 is 4.39 Å². The van der Waals surface area contributed by atoms with Gasteiger partial charge in [0.25, 0.3) is 5.91 Å². The van der Waals surface area contributed by atoms with E-state index in [4.69, 9.17) is 16.3 Å². The molecule has 1 aromatic carbocycles. The van der Waals surface area contributed by atoms with Crippen LogP contribution >= 0.6 is 11.6 Å². The Morgan fingerprint density at radius 1 is 1.29 bits per heavy atom. The zero-order valence-corrected chi connectivity index (χ0v) is 20.1. The first-order valence-corrected chi connectivity index (χ1v) is 10.6. The molecule has 3 rings (SSSR count). The second-order valence-corrected chi connectivity index (χ2v) is 8.68. The summed E-state index contributed by atoms with van der Waals surface area (Å²) < 4.78 is 61.1. The average molecular weight is 516 g/mol. The molecule has 0 saturated carbocycles. The summed E-state index contributed by atoms with van der Waals surface area (Å²) in [7, 11) is 1.46. The topological polar surface area (TPSA) is 102 Å². The Labute approximate surface area is 202 Å². The number of halogens is 5. The molecular weight excluding hydrogens is 494 g/mol. The van der Waals surface area contributed by atoms with Gasteiger partial charge in [-0.3, -0.25) is 4.79 Å². The van der Waals surface area contributed by atoms with E-state index in [0.29, 0.717) is 5.56 Å². The highest BCUT2D eigenvalue weighted by molar-refractivity contribution is 6.33. The van der Waals surface area contributed by atoms with Crippen molar-refractivity contribution in [3.05, 3.63) is 52.3 Å². The normalized spacial score (nSPS) is 13.0. The minimum absolute atomic E-state index is 0.0570. The molecule has 0 aliphatic carbocycles. The van der Waals surface area contributed by atoms with Crippen LogP contribution in [0.4, 0.5) is 23.2 Å². The van der Waals surface area contributed by atoms with Crippen molar-refractivity contribution in [3.63, 3.8) is 0 Å². The van der Waals surface area contributed by atoms with Gasteiger partial charge in [0.1, 0.15) is 17.2 Å². The van der Waals surface area contributed by atoms with E-state index in [1.165, 1.54) is 31.8 Å². The number of nitrogens with zero attached hydrogens (tertiary/aromatic N) is 4. The summed E-state index contributed by atoms with van der Waals surface area (Å²) in [6.07, 6.45) is -5.67. The fourth-order valence-electron chi connectivity index (χ4n) is 3.14. The van der Waals surface area contributed by atoms with Crippen molar-refractivity contribution in [2.75, 3.05) is 5.32 Å². The number of aliphatic hydroxyl groups is 1. The number of rotatable bonds is 6. The van der Waals surface area contributed by atoms with Crippen molar-refractivity contribution in [3.8, 4) is 17.1 Å². The van der Waals surface area contributed by atoms with Gasteiger partial charge in [-0.15, -0.1) is 0 Å². The van der Waals surface area contributed by atoms with Gasteiger partial charge in [-0.2, -0.15) is 18.3 Å². The Morgan fingerprint density at radius 3 is 2.49 bits per heavy atom. The number of pyridine rings is 1. The summed E-state index contributed by atoms with van der Waals surface area (Å²) in [5, 5.41) is 16.7. The van der Waals surface area contributed by atoms with Crippen molar-refractivity contribution in [2.45, 2.75) is 45.6 Å². The highest BCUT2D eigenvalue weighted by atomic mass is 35.5. The highest BCUT2D eigenvalue weighted by Gasteiger charge is 2.39. The number of carbonyl (C=O) groups is 1. The predicted molar refractivity (Wildman–Crippen MR) is 120 cm³/mol. The third-order valence-corrected chi connectivity index (χ3v) is 5.27. The molecule has 35 heavy (non-hydrogen) atoms. The number of carbonyl (C=O) groups excluding carboxylic acids is 1. The Morgan fingerprint density at radius 2 is 1.94 bits per heavy atom. The lowest BCUT2D eigenvalue weighted by Gasteiger charge is -2.20. The molecule has 2 N–H and O–H groups in total. The summed E-state index contributed by atoms with van der Waals surface area (Å²) in [5.74, 6) is -2.65. The Hall–Kier alpha value is -3.25. The number of anilines is 1. The highest BCUT2D eigenvalue weighted by Crippen LogP contribution is 2.34. The standard InChI is InChI=1S/C22H22ClF4N5O3/c1-10-6-7-28-17(23)16(10)29-19(33)13-8-14(24)12(9-15(13)35-11(2)22(25,26)27)18-30-20(21(3,4)34)32(5)31-18/h6-9,11,34H,1-5H3,(H,29,33). The lowest BCUT2D eigenvalue weighted by atomic mass is 10.1. The first kappa shape index (κ1) is 26.4.